The zero-order valence-electron chi connectivity index (χ0n) is 19.0. The quantitative estimate of drug-likeness (QED) is 0.230. The fourth-order valence-corrected chi connectivity index (χ4v) is 5.08. The predicted molar refractivity (Wildman–Crippen MR) is 128 cm³/mol. The maximum absolute atomic E-state index is 11.9. The van der Waals surface area contributed by atoms with E-state index in [4.69, 9.17) is 0 Å². The van der Waals surface area contributed by atoms with Crippen molar-refractivity contribution in [3.63, 3.8) is 0 Å². The molecule has 30 heavy (non-hydrogen) atoms. The number of hydrogen-bond donors (Lipinski definition) is 1. The lowest BCUT2D eigenvalue weighted by Gasteiger charge is -2.15. The van der Waals surface area contributed by atoms with Gasteiger partial charge in [0.05, 0.1) is 0 Å². The summed E-state index contributed by atoms with van der Waals surface area (Å²) < 4.78 is 33.4. The maximum atomic E-state index is 11.9. The van der Waals surface area contributed by atoms with E-state index in [0.717, 1.165) is 24.6 Å². The molecule has 2 aromatic rings. The Morgan fingerprint density at radius 1 is 0.667 bits per heavy atom. The van der Waals surface area contributed by atoms with Crippen LogP contribution in [0.3, 0.4) is 0 Å². The number of fused-ring (bicyclic) bond motifs is 1. The highest BCUT2D eigenvalue weighted by molar-refractivity contribution is 7.86. The Balaban J connectivity index is 2.19. The molecule has 0 aliphatic heterocycles. The fourth-order valence-electron chi connectivity index (χ4n) is 4.37. The average molecular weight is 433 g/mol. The normalized spacial score (nSPS) is 12.0. The van der Waals surface area contributed by atoms with Crippen molar-refractivity contribution >= 4 is 20.9 Å². The van der Waals surface area contributed by atoms with Crippen molar-refractivity contribution < 1.29 is 13.0 Å². The van der Waals surface area contributed by atoms with Gasteiger partial charge in [0, 0.05) is 5.39 Å². The SMILES string of the molecule is CCCCCCCCc1ccc2c(S(=O)(=O)O)cccc2c1CCCCCCCC. The second-order valence-electron chi connectivity index (χ2n) is 8.57. The third kappa shape index (κ3) is 7.70. The van der Waals surface area contributed by atoms with Crippen LogP contribution in [0.5, 0.6) is 0 Å². The zero-order chi connectivity index (χ0) is 21.8. The summed E-state index contributed by atoms with van der Waals surface area (Å²) in [6.07, 6.45) is 17.1. The third-order valence-corrected chi connectivity index (χ3v) is 7.00. The van der Waals surface area contributed by atoms with E-state index in [2.05, 4.69) is 19.9 Å². The first-order valence-corrected chi connectivity index (χ1v) is 13.4. The van der Waals surface area contributed by atoms with E-state index in [1.165, 1.54) is 87.8 Å². The van der Waals surface area contributed by atoms with Crippen LogP contribution in [0.15, 0.2) is 35.2 Å². The standard InChI is InChI=1S/C26H40O3S/c1-3-5-7-9-11-13-16-22-20-21-25-24(18-15-19-26(25)30(27,28)29)23(22)17-14-12-10-8-6-4-2/h15,18-21H,3-14,16-17H2,1-2H3,(H,27,28,29). The van der Waals surface area contributed by atoms with Crippen LogP contribution in [-0.4, -0.2) is 13.0 Å². The molecule has 0 amide bonds. The van der Waals surface area contributed by atoms with Crippen LogP contribution in [0.2, 0.25) is 0 Å². The molecular formula is C26H40O3S. The third-order valence-electron chi connectivity index (χ3n) is 6.09. The molecule has 2 rings (SSSR count). The second kappa shape index (κ2) is 13.1. The van der Waals surface area contributed by atoms with E-state index in [1.54, 1.807) is 6.07 Å². The van der Waals surface area contributed by atoms with Gasteiger partial charge in [-0.1, -0.05) is 102 Å². The number of aryl methyl sites for hydroxylation is 2. The Bertz CT molecular complexity index is 871. The van der Waals surface area contributed by atoms with E-state index in [1.807, 2.05) is 12.1 Å². The van der Waals surface area contributed by atoms with E-state index in [9.17, 15) is 13.0 Å². The molecule has 0 radical (unpaired) electrons. The molecule has 0 saturated carbocycles. The van der Waals surface area contributed by atoms with Gasteiger partial charge in [-0.3, -0.25) is 4.55 Å². The molecule has 3 nitrogen and oxygen atoms in total. The van der Waals surface area contributed by atoms with Gasteiger partial charge in [-0.05, 0) is 48.3 Å². The molecule has 0 atom stereocenters. The predicted octanol–water partition coefficient (Wildman–Crippen LogP) is 7.89. The lowest BCUT2D eigenvalue weighted by molar-refractivity contribution is 0.484. The first-order valence-electron chi connectivity index (χ1n) is 12.0. The Morgan fingerprint density at radius 3 is 1.83 bits per heavy atom. The van der Waals surface area contributed by atoms with Gasteiger partial charge in [0.25, 0.3) is 10.1 Å². The topological polar surface area (TPSA) is 54.4 Å². The Hall–Kier alpha value is -1.39. The smallest absolute Gasteiger partial charge is 0.282 e. The van der Waals surface area contributed by atoms with Crippen LogP contribution in [-0.2, 0) is 23.0 Å². The molecule has 0 saturated heterocycles. The van der Waals surface area contributed by atoms with Gasteiger partial charge in [0.2, 0.25) is 0 Å². The van der Waals surface area contributed by atoms with Crippen LogP contribution in [0, 0.1) is 0 Å². The van der Waals surface area contributed by atoms with E-state index in [0.29, 0.717) is 5.39 Å². The summed E-state index contributed by atoms with van der Waals surface area (Å²) in [6, 6.07) is 9.25. The summed E-state index contributed by atoms with van der Waals surface area (Å²) >= 11 is 0. The first kappa shape index (κ1) is 24.9. The summed E-state index contributed by atoms with van der Waals surface area (Å²) in [5, 5.41) is 1.63. The van der Waals surface area contributed by atoms with Crippen LogP contribution in [0.25, 0.3) is 10.8 Å². The number of unbranched alkanes of at least 4 members (excludes halogenated alkanes) is 10. The molecule has 0 aromatic heterocycles. The number of rotatable bonds is 15. The molecule has 0 fully saturated rings. The van der Waals surface area contributed by atoms with Crippen molar-refractivity contribution in [2.75, 3.05) is 0 Å². The minimum atomic E-state index is -4.22. The molecule has 2 aromatic carbocycles. The van der Waals surface area contributed by atoms with Gasteiger partial charge in [-0.15, -0.1) is 0 Å². The van der Waals surface area contributed by atoms with E-state index >= 15 is 0 Å². The molecule has 0 bridgehead atoms. The molecule has 0 aliphatic carbocycles. The Kier molecular flexibility index (Phi) is 10.9. The molecule has 0 heterocycles. The van der Waals surface area contributed by atoms with Gasteiger partial charge in [0.15, 0.2) is 0 Å². The van der Waals surface area contributed by atoms with Crippen molar-refractivity contribution in [3.8, 4) is 0 Å². The van der Waals surface area contributed by atoms with Crippen LogP contribution in [0.4, 0.5) is 0 Å². The molecule has 168 valence electrons. The van der Waals surface area contributed by atoms with Crippen molar-refractivity contribution in [2.45, 2.75) is 109 Å². The summed E-state index contributed by atoms with van der Waals surface area (Å²) in [6.45, 7) is 4.47. The van der Waals surface area contributed by atoms with Crippen LogP contribution >= 0.6 is 0 Å². The highest BCUT2D eigenvalue weighted by Crippen LogP contribution is 2.30. The minimum Gasteiger partial charge on any atom is -0.282 e. The van der Waals surface area contributed by atoms with Crippen LogP contribution < -0.4 is 0 Å². The van der Waals surface area contributed by atoms with Gasteiger partial charge < -0.3 is 0 Å². The highest BCUT2D eigenvalue weighted by Gasteiger charge is 2.16. The Labute approximate surface area is 184 Å². The average Bonchev–Trinajstić information content (AvgIpc) is 2.72. The monoisotopic (exact) mass is 432 g/mol. The summed E-state index contributed by atoms with van der Waals surface area (Å²) in [5.74, 6) is 0. The summed E-state index contributed by atoms with van der Waals surface area (Å²) in [5.41, 5.74) is 2.63. The van der Waals surface area contributed by atoms with Gasteiger partial charge >= 0.3 is 0 Å². The van der Waals surface area contributed by atoms with Crippen molar-refractivity contribution in [3.05, 3.63) is 41.5 Å². The molecule has 0 spiro atoms. The largest absolute Gasteiger partial charge is 0.295 e. The highest BCUT2D eigenvalue weighted by atomic mass is 32.2. The Morgan fingerprint density at radius 2 is 1.23 bits per heavy atom. The minimum absolute atomic E-state index is 0.0234. The lowest BCUT2D eigenvalue weighted by atomic mass is 9.91. The number of hydrogen-bond acceptors (Lipinski definition) is 2. The summed E-state index contributed by atoms with van der Waals surface area (Å²) in [4.78, 5) is 0.0234. The molecule has 1 N–H and O–H groups in total. The first-order chi connectivity index (χ1) is 14.5. The molecule has 0 aliphatic rings. The number of benzene rings is 2. The molecule has 0 unspecified atom stereocenters. The van der Waals surface area contributed by atoms with E-state index in [-0.39, 0.29) is 4.90 Å². The summed E-state index contributed by atoms with van der Waals surface area (Å²) in [7, 11) is -4.22. The van der Waals surface area contributed by atoms with Crippen molar-refractivity contribution in [1.29, 1.82) is 0 Å². The fraction of sp³-hybridized carbons (Fsp3) is 0.615. The van der Waals surface area contributed by atoms with Crippen molar-refractivity contribution in [2.24, 2.45) is 0 Å². The lowest BCUT2D eigenvalue weighted by Crippen LogP contribution is -2.02. The zero-order valence-corrected chi connectivity index (χ0v) is 19.8. The second-order valence-corrected chi connectivity index (χ2v) is 9.96. The van der Waals surface area contributed by atoms with Gasteiger partial charge in [-0.2, -0.15) is 8.42 Å². The maximum Gasteiger partial charge on any atom is 0.295 e. The van der Waals surface area contributed by atoms with Crippen LogP contribution in [0.1, 0.15) is 102 Å². The molecule has 4 heteroatoms. The van der Waals surface area contributed by atoms with Gasteiger partial charge in [-0.25, -0.2) is 0 Å². The van der Waals surface area contributed by atoms with Gasteiger partial charge in [0.1, 0.15) is 4.90 Å². The van der Waals surface area contributed by atoms with Crippen molar-refractivity contribution in [1.82, 2.24) is 0 Å². The van der Waals surface area contributed by atoms with E-state index < -0.39 is 10.1 Å². The molecular weight excluding hydrogens is 392 g/mol.